The number of fused-ring (bicyclic) bond motifs is 1. The predicted octanol–water partition coefficient (Wildman–Crippen LogP) is 5.16. The lowest BCUT2D eigenvalue weighted by molar-refractivity contribution is 0.332. The molecule has 0 fully saturated rings. The van der Waals surface area contributed by atoms with Gasteiger partial charge in [-0.25, -0.2) is 0 Å². The van der Waals surface area contributed by atoms with Gasteiger partial charge in [-0.05, 0) is 42.3 Å². The Labute approximate surface area is 151 Å². The van der Waals surface area contributed by atoms with Gasteiger partial charge in [0.1, 0.15) is 17.6 Å². The summed E-state index contributed by atoms with van der Waals surface area (Å²) >= 11 is 0. The number of aromatic nitrogens is 1. The second-order valence-corrected chi connectivity index (χ2v) is 5.32. The second kappa shape index (κ2) is 8.16. The topological polar surface area (TPSA) is 83.6 Å². The van der Waals surface area contributed by atoms with Crippen LogP contribution in [0.3, 0.4) is 0 Å². The van der Waals surface area contributed by atoms with Crippen LogP contribution >= 0.6 is 0 Å². The van der Waals surface area contributed by atoms with E-state index in [9.17, 15) is 15.0 Å². The van der Waals surface area contributed by atoms with Gasteiger partial charge in [0.2, 0.25) is 5.43 Å². The monoisotopic (exact) mass is 351 g/mol. The Bertz CT molecular complexity index is 1020. The SMILES string of the molecule is C=C(O)/C(O)=C\c1ccc2occ(-c3ccccn3)c(=O)c2c1C.CC. The Morgan fingerprint density at radius 2 is 1.92 bits per heavy atom. The number of nitrogens with zero attached hydrogens (tertiary/aromatic N) is 1. The van der Waals surface area contributed by atoms with Crippen LogP contribution in [0.5, 0.6) is 0 Å². The van der Waals surface area contributed by atoms with Gasteiger partial charge >= 0.3 is 0 Å². The van der Waals surface area contributed by atoms with Crippen molar-refractivity contribution in [1.29, 1.82) is 0 Å². The molecule has 0 unspecified atom stereocenters. The molecule has 0 bridgehead atoms. The summed E-state index contributed by atoms with van der Waals surface area (Å²) < 4.78 is 5.58. The van der Waals surface area contributed by atoms with Crippen LogP contribution in [0.15, 0.2) is 70.1 Å². The average Bonchev–Trinajstić information content (AvgIpc) is 2.66. The molecule has 0 saturated carbocycles. The highest BCUT2D eigenvalue weighted by Gasteiger charge is 2.14. The van der Waals surface area contributed by atoms with Crippen LogP contribution in [-0.2, 0) is 0 Å². The van der Waals surface area contributed by atoms with Crippen LogP contribution in [0.4, 0.5) is 0 Å². The minimum atomic E-state index is -0.441. The molecule has 2 heterocycles. The van der Waals surface area contributed by atoms with Gasteiger partial charge in [-0.3, -0.25) is 9.78 Å². The predicted molar refractivity (Wildman–Crippen MR) is 104 cm³/mol. The Balaban J connectivity index is 0.00000117. The molecule has 0 aliphatic rings. The van der Waals surface area contributed by atoms with Gasteiger partial charge in [0.25, 0.3) is 0 Å². The summed E-state index contributed by atoms with van der Waals surface area (Å²) in [6.45, 7) is 9.01. The maximum atomic E-state index is 12.9. The number of aliphatic hydroxyl groups excluding tert-OH is 2. The maximum Gasteiger partial charge on any atom is 0.202 e. The fraction of sp³-hybridized carbons (Fsp3) is 0.143. The Morgan fingerprint density at radius 3 is 2.54 bits per heavy atom. The van der Waals surface area contributed by atoms with Crippen molar-refractivity contribution in [2.75, 3.05) is 0 Å². The molecule has 0 aliphatic heterocycles. The van der Waals surface area contributed by atoms with Gasteiger partial charge in [0.05, 0.1) is 16.6 Å². The second-order valence-electron chi connectivity index (χ2n) is 5.32. The molecule has 3 aromatic rings. The molecule has 5 heteroatoms. The van der Waals surface area contributed by atoms with E-state index in [1.807, 2.05) is 13.8 Å². The lowest BCUT2D eigenvalue weighted by atomic mass is 10.0. The van der Waals surface area contributed by atoms with Crippen molar-refractivity contribution in [3.05, 3.63) is 82.2 Å². The highest BCUT2D eigenvalue weighted by atomic mass is 16.3. The van der Waals surface area contributed by atoms with Crippen molar-refractivity contribution in [3.63, 3.8) is 0 Å². The molecular formula is C21H21NO4. The minimum Gasteiger partial charge on any atom is -0.505 e. The Hall–Kier alpha value is -3.34. The molecule has 2 N–H and O–H groups in total. The molecule has 5 nitrogen and oxygen atoms in total. The van der Waals surface area contributed by atoms with Crippen molar-refractivity contribution in [1.82, 2.24) is 4.98 Å². The summed E-state index contributed by atoms with van der Waals surface area (Å²) in [4.78, 5) is 17.1. The highest BCUT2D eigenvalue weighted by molar-refractivity contribution is 5.87. The third-order valence-electron chi connectivity index (χ3n) is 3.77. The van der Waals surface area contributed by atoms with E-state index in [-0.39, 0.29) is 11.2 Å². The minimum absolute atomic E-state index is 0.204. The van der Waals surface area contributed by atoms with Crippen LogP contribution in [0.1, 0.15) is 25.0 Å². The summed E-state index contributed by atoms with van der Waals surface area (Å²) in [6.07, 6.45) is 4.36. The number of rotatable bonds is 3. The van der Waals surface area contributed by atoms with Crippen LogP contribution in [0.25, 0.3) is 28.3 Å². The lowest BCUT2D eigenvalue weighted by Crippen LogP contribution is -2.07. The van der Waals surface area contributed by atoms with Crippen molar-refractivity contribution < 1.29 is 14.6 Å². The maximum absolute atomic E-state index is 12.9. The number of hydrogen-bond donors (Lipinski definition) is 2. The van der Waals surface area contributed by atoms with Gasteiger partial charge in [-0.2, -0.15) is 0 Å². The standard InChI is InChI=1S/C19H15NO4.C2H6/c1-11-13(9-16(22)12(2)21)6-7-17-18(11)19(23)14(10-24-17)15-5-3-4-8-20-15;1-2/h3-10,21-22H,2H2,1H3;1-2H3/b16-9+;. The van der Waals surface area contributed by atoms with Crippen LogP contribution in [-0.4, -0.2) is 15.2 Å². The molecule has 0 spiro atoms. The molecule has 0 saturated heterocycles. The number of benzene rings is 1. The van der Waals surface area contributed by atoms with Gasteiger partial charge < -0.3 is 14.6 Å². The third kappa shape index (κ3) is 3.67. The lowest BCUT2D eigenvalue weighted by Gasteiger charge is -2.07. The zero-order valence-electron chi connectivity index (χ0n) is 15.0. The Morgan fingerprint density at radius 1 is 1.19 bits per heavy atom. The largest absolute Gasteiger partial charge is 0.505 e. The van der Waals surface area contributed by atoms with E-state index in [0.717, 1.165) is 0 Å². The molecule has 0 atom stereocenters. The van der Waals surface area contributed by atoms with E-state index in [1.54, 1.807) is 43.5 Å². The summed E-state index contributed by atoms with van der Waals surface area (Å²) in [5, 5.41) is 19.3. The first-order valence-electron chi connectivity index (χ1n) is 8.24. The van der Waals surface area contributed by atoms with E-state index >= 15 is 0 Å². The molecule has 0 radical (unpaired) electrons. The Kier molecular flexibility index (Phi) is 5.96. The van der Waals surface area contributed by atoms with Crippen molar-refractivity contribution in [3.8, 4) is 11.3 Å². The van der Waals surface area contributed by atoms with Gasteiger partial charge in [0, 0.05) is 6.20 Å². The normalized spacial score (nSPS) is 11.0. The zero-order valence-corrected chi connectivity index (χ0v) is 15.0. The quantitative estimate of drug-likeness (QED) is 0.503. The van der Waals surface area contributed by atoms with Gasteiger partial charge in [-0.15, -0.1) is 0 Å². The summed E-state index contributed by atoms with van der Waals surface area (Å²) in [6, 6.07) is 8.64. The fourth-order valence-electron chi connectivity index (χ4n) is 2.48. The van der Waals surface area contributed by atoms with Crippen molar-refractivity contribution >= 4 is 17.0 Å². The van der Waals surface area contributed by atoms with Crippen molar-refractivity contribution in [2.45, 2.75) is 20.8 Å². The average molecular weight is 351 g/mol. The van der Waals surface area contributed by atoms with E-state index < -0.39 is 5.76 Å². The van der Waals surface area contributed by atoms with Gasteiger partial charge in [-0.1, -0.05) is 32.6 Å². The summed E-state index contributed by atoms with van der Waals surface area (Å²) in [5.41, 5.74) is 2.34. The molecule has 1 aromatic carbocycles. The number of aryl methyl sites for hydroxylation is 1. The first-order valence-corrected chi connectivity index (χ1v) is 8.24. The fourth-order valence-corrected chi connectivity index (χ4v) is 2.48. The van der Waals surface area contributed by atoms with E-state index in [0.29, 0.717) is 33.4 Å². The molecule has 3 rings (SSSR count). The molecule has 0 amide bonds. The van der Waals surface area contributed by atoms with Gasteiger partial charge in [0.15, 0.2) is 5.76 Å². The smallest absolute Gasteiger partial charge is 0.202 e. The van der Waals surface area contributed by atoms with Crippen LogP contribution in [0.2, 0.25) is 0 Å². The molecule has 26 heavy (non-hydrogen) atoms. The highest BCUT2D eigenvalue weighted by Crippen LogP contribution is 2.24. The molecular weight excluding hydrogens is 330 g/mol. The number of pyridine rings is 1. The number of hydrogen-bond acceptors (Lipinski definition) is 5. The van der Waals surface area contributed by atoms with E-state index in [2.05, 4.69) is 11.6 Å². The summed E-state index contributed by atoms with van der Waals surface area (Å²) in [5.74, 6) is -0.800. The third-order valence-corrected chi connectivity index (χ3v) is 3.77. The first kappa shape index (κ1) is 19.0. The summed E-state index contributed by atoms with van der Waals surface area (Å²) in [7, 11) is 0. The zero-order chi connectivity index (χ0) is 19.3. The first-order chi connectivity index (χ1) is 12.5. The molecule has 134 valence electrons. The molecule has 0 aliphatic carbocycles. The van der Waals surface area contributed by atoms with E-state index in [1.165, 1.54) is 12.3 Å². The van der Waals surface area contributed by atoms with Crippen molar-refractivity contribution in [2.24, 2.45) is 0 Å². The van der Waals surface area contributed by atoms with E-state index in [4.69, 9.17) is 4.42 Å². The van der Waals surface area contributed by atoms with Crippen LogP contribution in [0, 0.1) is 6.92 Å². The molecule has 2 aromatic heterocycles. The number of aliphatic hydroxyl groups is 2. The van der Waals surface area contributed by atoms with Crippen LogP contribution < -0.4 is 5.43 Å².